The fourth-order valence-corrected chi connectivity index (χ4v) is 4.07. The average Bonchev–Trinajstić information content (AvgIpc) is 3.29. The van der Waals surface area contributed by atoms with Crippen LogP contribution in [0.25, 0.3) is 0 Å². The Morgan fingerprint density at radius 2 is 1.81 bits per heavy atom. The standard InChI is InChI=1S/C25H29N5O2/c26-24(31)21-7-4-14-29(18-21)17-20-8-10-22(11-9-20)27-25(32)23-13-16-30(28-23)15-12-19-5-2-1-3-6-19/h1-3,5-6,8-11,13,16,21H,4,7,12,14-15,17-18H2,(H2,26,31)(H,27,32). The first-order valence-corrected chi connectivity index (χ1v) is 11.1. The summed E-state index contributed by atoms with van der Waals surface area (Å²) in [6.45, 7) is 3.17. The monoisotopic (exact) mass is 431 g/mol. The molecule has 166 valence electrons. The van der Waals surface area contributed by atoms with Gasteiger partial charge in [0.05, 0.1) is 5.92 Å². The van der Waals surface area contributed by atoms with Gasteiger partial charge in [-0.2, -0.15) is 5.10 Å². The fraction of sp³-hybridized carbons (Fsp3) is 0.320. The zero-order valence-corrected chi connectivity index (χ0v) is 18.1. The maximum absolute atomic E-state index is 12.6. The first kappa shape index (κ1) is 21.8. The van der Waals surface area contributed by atoms with E-state index < -0.39 is 0 Å². The molecule has 1 aliphatic rings. The molecule has 7 nitrogen and oxygen atoms in total. The Hall–Kier alpha value is -3.45. The van der Waals surface area contributed by atoms with E-state index in [9.17, 15) is 9.59 Å². The van der Waals surface area contributed by atoms with Gasteiger partial charge in [0.15, 0.2) is 5.69 Å². The highest BCUT2D eigenvalue weighted by molar-refractivity contribution is 6.02. The number of hydrogen-bond acceptors (Lipinski definition) is 4. The molecule has 1 aliphatic heterocycles. The van der Waals surface area contributed by atoms with E-state index in [4.69, 9.17) is 5.73 Å². The molecule has 1 atom stereocenters. The van der Waals surface area contributed by atoms with Crippen LogP contribution in [0.15, 0.2) is 66.9 Å². The van der Waals surface area contributed by atoms with Gasteiger partial charge in [0, 0.05) is 31.5 Å². The number of carbonyl (C=O) groups excluding carboxylic acids is 2. The SMILES string of the molecule is NC(=O)C1CCCN(Cc2ccc(NC(=O)c3ccn(CCc4ccccc4)n3)cc2)C1. The summed E-state index contributed by atoms with van der Waals surface area (Å²) in [6.07, 6.45) is 4.56. The number of aromatic nitrogens is 2. The Morgan fingerprint density at radius 1 is 1.03 bits per heavy atom. The van der Waals surface area contributed by atoms with Crippen LogP contribution in [0.4, 0.5) is 5.69 Å². The summed E-state index contributed by atoms with van der Waals surface area (Å²) in [5.74, 6) is -0.498. The second-order valence-corrected chi connectivity index (χ2v) is 8.33. The van der Waals surface area contributed by atoms with Crippen molar-refractivity contribution in [2.24, 2.45) is 11.7 Å². The maximum atomic E-state index is 12.6. The highest BCUT2D eigenvalue weighted by Gasteiger charge is 2.23. The van der Waals surface area contributed by atoms with Gasteiger partial charge in [-0.05, 0) is 55.1 Å². The van der Waals surface area contributed by atoms with Crippen LogP contribution in [-0.4, -0.2) is 39.6 Å². The van der Waals surface area contributed by atoms with Gasteiger partial charge in [0.2, 0.25) is 5.91 Å². The Bertz CT molecular complexity index is 1050. The molecule has 0 aliphatic carbocycles. The van der Waals surface area contributed by atoms with E-state index in [1.807, 2.05) is 48.7 Å². The number of anilines is 1. The number of primary amides is 1. The van der Waals surface area contributed by atoms with Crippen LogP contribution in [0.3, 0.4) is 0 Å². The molecule has 2 aromatic carbocycles. The number of amides is 2. The minimum absolute atomic E-state index is 0.0604. The summed E-state index contributed by atoms with van der Waals surface area (Å²) >= 11 is 0. The van der Waals surface area contributed by atoms with E-state index in [2.05, 4.69) is 27.4 Å². The highest BCUT2D eigenvalue weighted by Crippen LogP contribution is 2.19. The lowest BCUT2D eigenvalue weighted by atomic mass is 9.97. The molecule has 2 amide bonds. The van der Waals surface area contributed by atoms with E-state index in [-0.39, 0.29) is 17.7 Å². The molecule has 0 saturated carbocycles. The zero-order valence-electron chi connectivity index (χ0n) is 18.1. The van der Waals surface area contributed by atoms with Crippen molar-refractivity contribution < 1.29 is 9.59 Å². The maximum Gasteiger partial charge on any atom is 0.276 e. The molecule has 1 unspecified atom stereocenters. The summed E-state index contributed by atoms with van der Waals surface area (Å²) in [7, 11) is 0. The van der Waals surface area contributed by atoms with Gasteiger partial charge in [-0.1, -0.05) is 42.5 Å². The number of piperidine rings is 1. The van der Waals surface area contributed by atoms with Gasteiger partial charge in [-0.15, -0.1) is 0 Å². The Labute approximate surface area is 188 Å². The number of carbonyl (C=O) groups is 2. The molecule has 0 spiro atoms. The lowest BCUT2D eigenvalue weighted by Crippen LogP contribution is -2.40. The van der Waals surface area contributed by atoms with E-state index in [1.54, 1.807) is 10.7 Å². The summed E-state index contributed by atoms with van der Waals surface area (Å²) in [5, 5.41) is 7.31. The molecule has 0 bridgehead atoms. The summed E-state index contributed by atoms with van der Waals surface area (Å²) in [5.41, 5.74) is 8.97. The number of aryl methyl sites for hydroxylation is 2. The van der Waals surface area contributed by atoms with Crippen molar-refractivity contribution in [3.63, 3.8) is 0 Å². The molecule has 0 radical (unpaired) electrons. The quantitative estimate of drug-likeness (QED) is 0.573. The molecular formula is C25H29N5O2. The second-order valence-electron chi connectivity index (χ2n) is 8.33. The molecule has 2 heterocycles. The van der Waals surface area contributed by atoms with E-state index in [0.717, 1.165) is 50.1 Å². The number of nitrogens with two attached hydrogens (primary N) is 1. The molecule has 3 N–H and O–H groups in total. The molecule has 32 heavy (non-hydrogen) atoms. The first-order valence-electron chi connectivity index (χ1n) is 11.1. The third-order valence-electron chi connectivity index (χ3n) is 5.87. The number of nitrogens with zero attached hydrogens (tertiary/aromatic N) is 3. The Balaban J connectivity index is 1.28. The van der Waals surface area contributed by atoms with E-state index >= 15 is 0 Å². The van der Waals surface area contributed by atoms with Crippen molar-refractivity contribution in [1.29, 1.82) is 0 Å². The van der Waals surface area contributed by atoms with Crippen molar-refractivity contribution in [2.75, 3.05) is 18.4 Å². The molecule has 7 heteroatoms. The van der Waals surface area contributed by atoms with Gasteiger partial charge in [0.25, 0.3) is 5.91 Å². The first-order chi connectivity index (χ1) is 15.6. The van der Waals surface area contributed by atoms with Crippen molar-refractivity contribution in [1.82, 2.24) is 14.7 Å². The van der Waals surface area contributed by atoms with Crippen LogP contribution in [0, 0.1) is 5.92 Å². The number of nitrogens with one attached hydrogen (secondary N) is 1. The third kappa shape index (κ3) is 5.82. The Kier molecular flexibility index (Phi) is 6.97. The highest BCUT2D eigenvalue weighted by atomic mass is 16.2. The lowest BCUT2D eigenvalue weighted by molar-refractivity contribution is -0.123. The number of benzene rings is 2. The van der Waals surface area contributed by atoms with Gasteiger partial charge in [-0.25, -0.2) is 0 Å². The predicted octanol–water partition coefficient (Wildman–Crippen LogP) is 3.08. The van der Waals surface area contributed by atoms with Crippen LogP contribution < -0.4 is 11.1 Å². The van der Waals surface area contributed by atoms with Crippen LogP contribution in [0.2, 0.25) is 0 Å². The van der Waals surface area contributed by atoms with Crippen molar-refractivity contribution >= 4 is 17.5 Å². The molecule has 1 saturated heterocycles. The van der Waals surface area contributed by atoms with Gasteiger partial charge >= 0.3 is 0 Å². The molecule has 3 aromatic rings. The lowest BCUT2D eigenvalue weighted by Gasteiger charge is -2.31. The topological polar surface area (TPSA) is 93.3 Å². The minimum atomic E-state index is -0.225. The minimum Gasteiger partial charge on any atom is -0.369 e. The molecule has 1 fully saturated rings. The normalized spacial score (nSPS) is 16.6. The van der Waals surface area contributed by atoms with Gasteiger partial charge in [0.1, 0.15) is 0 Å². The predicted molar refractivity (Wildman–Crippen MR) is 124 cm³/mol. The second kappa shape index (κ2) is 10.2. The molecule has 4 rings (SSSR count). The summed E-state index contributed by atoms with van der Waals surface area (Å²) in [4.78, 5) is 26.3. The van der Waals surface area contributed by atoms with Crippen molar-refractivity contribution in [2.45, 2.75) is 32.4 Å². The Morgan fingerprint density at radius 3 is 2.56 bits per heavy atom. The van der Waals surface area contributed by atoms with Crippen LogP contribution in [0.1, 0.15) is 34.5 Å². The molecule has 1 aromatic heterocycles. The third-order valence-corrected chi connectivity index (χ3v) is 5.87. The fourth-order valence-electron chi connectivity index (χ4n) is 4.07. The zero-order chi connectivity index (χ0) is 22.3. The number of likely N-dealkylation sites (tertiary alicyclic amines) is 1. The summed E-state index contributed by atoms with van der Waals surface area (Å²) in [6, 6.07) is 19.7. The summed E-state index contributed by atoms with van der Waals surface area (Å²) < 4.78 is 1.79. The number of rotatable bonds is 8. The molecular weight excluding hydrogens is 402 g/mol. The number of hydrogen-bond donors (Lipinski definition) is 2. The van der Waals surface area contributed by atoms with Gasteiger partial charge < -0.3 is 11.1 Å². The van der Waals surface area contributed by atoms with Crippen molar-refractivity contribution in [3.8, 4) is 0 Å². The van der Waals surface area contributed by atoms with Crippen molar-refractivity contribution in [3.05, 3.63) is 83.7 Å². The average molecular weight is 432 g/mol. The van der Waals surface area contributed by atoms with Crippen LogP contribution in [0.5, 0.6) is 0 Å². The van der Waals surface area contributed by atoms with Crippen LogP contribution in [-0.2, 0) is 24.3 Å². The van der Waals surface area contributed by atoms with Gasteiger partial charge in [-0.3, -0.25) is 19.2 Å². The van der Waals surface area contributed by atoms with E-state index in [1.165, 1.54) is 5.56 Å². The van der Waals surface area contributed by atoms with E-state index in [0.29, 0.717) is 12.2 Å². The smallest absolute Gasteiger partial charge is 0.276 e. The van der Waals surface area contributed by atoms with Crippen LogP contribution >= 0.6 is 0 Å². The largest absolute Gasteiger partial charge is 0.369 e.